The highest BCUT2D eigenvalue weighted by atomic mass is 35.5. The van der Waals surface area contributed by atoms with Crippen LogP contribution in [-0.2, 0) is 11.3 Å². The molecule has 0 saturated carbocycles. The number of halogens is 4. The Bertz CT molecular complexity index is 849. The minimum absolute atomic E-state index is 0.0240. The fourth-order valence-corrected chi connectivity index (χ4v) is 3.55. The van der Waals surface area contributed by atoms with Gasteiger partial charge in [0.25, 0.3) is 0 Å². The Morgan fingerprint density at radius 1 is 1.24 bits per heavy atom. The van der Waals surface area contributed by atoms with Crippen molar-refractivity contribution in [3.05, 3.63) is 47.1 Å². The van der Waals surface area contributed by atoms with Crippen LogP contribution in [0.5, 0.6) is 0 Å². The number of nitrogens with one attached hydrogen (secondary N) is 2. The number of amides is 1. The molecule has 2 unspecified atom stereocenters. The van der Waals surface area contributed by atoms with E-state index < -0.39 is 18.1 Å². The number of hydrogen-bond acceptors (Lipinski definition) is 5. The average Bonchev–Trinajstić information content (AvgIpc) is 2.71. The molecule has 2 atom stereocenters. The van der Waals surface area contributed by atoms with Gasteiger partial charge in [-0.15, -0.1) is 0 Å². The number of nitrogens with zero attached hydrogens (tertiary/aromatic N) is 3. The zero-order chi connectivity index (χ0) is 21.0. The van der Waals surface area contributed by atoms with Crippen LogP contribution >= 0.6 is 11.6 Å². The van der Waals surface area contributed by atoms with Gasteiger partial charge in [0.05, 0.1) is 5.92 Å². The third kappa shape index (κ3) is 5.29. The van der Waals surface area contributed by atoms with Crippen LogP contribution in [0.15, 0.2) is 36.4 Å². The molecule has 3 rings (SSSR count). The first-order valence-corrected chi connectivity index (χ1v) is 9.53. The third-order valence-corrected chi connectivity index (χ3v) is 5.03. The van der Waals surface area contributed by atoms with E-state index in [-0.39, 0.29) is 42.2 Å². The van der Waals surface area contributed by atoms with Gasteiger partial charge in [-0.25, -0.2) is 4.98 Å². The normalized spacial score (nSPS) is 19.7. The number of rotatable bonds is 5. The van der Waals surface area contributed by atoms with Gasteiger partial charge < -0.3 is 15.5 Å². The molecule has 2 heterocycles. The molecule has 10 heteroatoms. The standard InChI is InChI=1S/C19H21ClF3N5O/c1-24-18-26-15(20)9-16(27-18)28-11-13(7-8-14(28)19(21,22)23)17(29)25-10-12-5-3-2-4-6-12/h2-6,9,13-14H,7-8,10-11H2,1H3,(H,25,29)(H,24,26,27). The minimum Gasteiger partial charge on any atom is -0.357 e. The van der Waals surface area contributed by atoms with Gasteiger partial charge in [-0.2, -0.15) is 18.2 Å². The van der Waals surface area contributed by atoms with Gasteiger partial charge in [0.2, 0.25) is 11.9 Å². The van der Waals surface area contributed by atoms with Gasteiger partial charge >= 0.3 is 6.18 Å². The molecule has 156 valence electrons. The Balaban J connectivity index is 1.78. The number of piperidine rings is 1. The summed E-state index contributed by atoms with van der Waals surface area (Å²) in [7, 11) is 1.55. The Labute approximate surface area is 171 Å². The Hall–Kier alpha value is -2.55. The van der Waals surface area contributed by atoms with Crippen LogP contribution in [0, 0.1) is 5.92 Å². The van der Waals surface area contributed by atoms with Gasteiger partial charge in [-0.05, 0) is 18.4 Å². The highest BCUT2D eigenvalue weighted by Crippen LogP contribution is 2.37. The quantitative estimate of drug-likeness (QED) is 0.713. The monoisotopic (exact) mass is 427 g/mol. The SMILES string of the molecule is CNc1nc(Cl)cc(N2CC(C(=O)NCc3ccccc3)CCC2C(F)(F)F)n1. The topological polar surface area (TPSA) is 70.2 Å². The van der Waals surface area contributed by atoms with Crippen molar-refractivity contribution in [2.45, 2.75) is 31.6 Å². The van der Waals surface area contributed by atoms with Gasteiger partial charge in [-0.1, -0.05) is 41.9 Å². The van der Waals surface area contributed by atoms with E-state index in [0.717, 1.165) is 10.5 Å². The lowest BCUT2D eigenvalue weighted by molar-refractivity contribution is -0.156. The lowest BCUT2D eigenvalue weighted by Gasteiger charge is -2.40. The number of carbonyl (C=O) groups excluding carboxylic acids is 1. The van der Waals surface area contributed by atoms with Gasteiger partial charge in [0.1, 0.15) is 17.0 Å². The van der Waals surface area contributed by atoms with E-state index in [1.807, 2.05) is 30.3 Å². The molecular formula is C19H21ClF3N5O. The first-order valence-electron chi connectivity index (χ1n) is 9.15. The average molecular weight is 428 g/mol. The predicted octanol–water partition coefficient (Wildman–Crippen LogP) is 3.64. The molecule has 2 N–H and O–H groups in total. The fraction of sp³-hybridized carbons (Fsp3) is 0.421. The molecule has 1 aliphatic heterocycles. The van der Waals surface area contributed by atoms with Crippen molar-refractivity contribution in [3.8, 4) is 0 Å². The summed E-state index contributed by atoms with van der Waals surface area (Å²) in [5.41, 5.74) is 0.919. The van der Waals surface area contributed by atoms with Crippen molar-refractivity contribution in [1.29, 1.82) is 0 Å². The zero-order valence-electron chi connectivity index (χ0n) is 15.7. The maximum atomic E-state index is 13.6. The molecule has 1 aliphatic rings. The first kappa shape index (κ1) is 21.2. The summed E-state index contributed by atoms with van der Waals surface area (Å²) in [6, 6.07) is 8.87. The third-order valence-electron chi connectivity index (χ3n) is 4.84. The molecule has 6 nitrogen and oxygen atoms in total. The van der Waals surface area contributed by atoms with Gasteiger partial charge in [0, 0.05) is 26.2 Å². The van der Waals surface area contributed by atoms with E-state index in [4.69, 9.17) is 11.6 Å². The maximum absolute atomic E-state index is 13.6. The molecule has 0 aliphatic carbocycles. The second kappa shape index (κ2) is 8.86. The summed E-state index contributed by atoms with van der Waals surface area (Å²) in [6.45, 7) is 0.212. The number of benzene rings is 1. The molecular weight excluding hydrogens is 407 g/mol. The molecule has 2 aromatic rings. The molecule has 1 saturated heterocycles. The van der Waals surface area contributed by atoms with E-state index in [1.165, 1.54) is 6.07 Å². The van der Waals surface area contributed by atoms with E-state index >= 15 is 0 Å². The number of anilines is 2. The first-order chi connectivity index (χ1) is 13.8. The Kier molecular flexibility index (Phi) is 6.46. The molecule has 29 heavy (non-hydrogen) atoms. The number of carbonyl (C=O) groups is 1. The van der Waals surface area contributed by atoms with Crippen molar-refractivity contribution in [2.75, 3.05) is 23.8 Å². The van der Waals surface area contributed by atoms with Crippen molar-refractivity contribution in [3.63, 3.8) is 0 Å². The van der Waals surface area contributed by atoms with Crippen LogP contribution in [0.2, 0.25) is 5.15 Å². The lowest BCUT2D eigenvalue weighted by Crippen LogP contribution is -2.54. The fourth-order valence-electron chi connectivity index (χ4n) is 3.37. The lowest BCUT2D eigenvalue weighted by atomic mass is 9.91. The van der Waals surface area contributed by atoms with E-state index in [1.54, 1.807) is 7.05 Å². The Morgan fingerprint density at radius 3 is 2.62 bits per heavy atom. The summed E-state index contributed by atoms with van der Waals surface area (Å²) in [5.74, 6) is -0.723. The molecule has 0 spiro atoms. The van der Waals surface area contributed by atoms with Gasteiger partial charge in [-0.3, -0.25) is 4.79 Å². The zero-order valence-corrected chi connectivity index (χ0v) is 16.5. The summed E-state index contributed by atoms with van der Waals surface area (Å²) in [6.07, 6.45) is -4.52. The minimum atomic E-state index is -4.46. The molecule has 0 radical (unpaired) electrons. The Morgan fingerprint density at radius 2 is 1.97 bits per heavy atom. The summed E-state index contributed by atoms with van der Waals surface area (Å²) < 4.78 is 40.9. The molecule has 1 aromatic carbocycles. The van der Waals surface area contributed by atoms with Crippen LogP contribution in [0.25, 0.3) is 0 Å². The van der Waals surface area contributed by atoms with Crippen LogP contribution < -0.4 is 15.5 Å². The van der Waals surface area contributed by atoms with Crippen molar-refractivity contribution in [2.24, 2.45) is 5.92 Å². The second-order valence-corrected chi connectivity index (χ2v) is 7.20. The molecule has 0 bridgehead atoms. The summed E-state index contributed by atoms with van der Waals surface area (Å²) >= 11 is 5.95. The van der Waals surface area contributed by atoms with Crippen LogP contribution in [0.3, 0.4) is 0 Å². The largest absolute Gasteiger partial charge is 0.408 e. The second-order valence-electron chi connectivity index (χ2n) is 6.81. The summed E-state index contributed by atoms with van der Waals surface area (Å²) in [5, 5.41) is 5.51. The van der Waals surface area contributed by atoms with Crippen LogP contribution in [-0.4, -0.2) is 41.7 Å². The highest BCUT2D eigenvalue weighted by molar-refractivity contribution is 6.29. The van der Waals surface area contributed by atoms with Crippen LogP contribution in [0.1, 0.15) is 18.4 Å². The molecule has 1 fully saturated rings. The van der Waals surface area contributed by atoms with E-state index in [0.29, 0.717) is 6.54 Å². The smallest absolute Gasteiger partial charge is 0.357 e. The van der Waals surface area contributed by atoms with E-state index in [2.05, 4.69) is 20.6 Å². The number of hydrogen-bond donors (Lipinski definition) is 2. The van der Waals surface area contributed by atoms with Crippen LogP contribution in [0.4, 0.5) is 24.9 Å². The van der Waals surface area contributed by atoms with Crippen molar-refractivity contribution in [1.82, 2.24) is 15.3 Å². The molecule has 1 aromatic heterocycles. The maximum Gasteiger partial charge on any atom is 0.408 e. The van der Waals surface area contributed by atoms with Crippen molar-refractivity contribution < 1.29 is 18.0 Å². The number of aromatic nitrogens is 2. The van der Waals surface area contributed by atoms with Crippen molar-refractivity contribution >= 4 is 29.3 Å². The predicted molar refractivity (Wildman–Crippen MR) is 105 cm³/mol. The summed E-state index contributed by atoms with van der Waals surface area (Å²) in [4.78, 5) is 21.7. The van der Waals surface area contributed by atoms with E-state index in [9.17, 15) is 18.0 Å². The van der Waals surface area contributed by atoms with Gasteiger partial charge in [0.15, 0.2) is 0 Å². The number of alkyl halides is 3. The molecule has 1 amide bonds. The highest BCUT2D eigenvalue weighted by Gasteiger charge is 2.48.